The molecule has 0 spiro atoms. The van der Waals surface area contributed by atoms with Crippen LogP contribution in [0.2, 0.25) is 0 Å². The molecule has 0 unspecified atom stereocenters. The molecule has 3 heteroatoms. The molecule has 0 fully saturated rings. The van der Waals surface area contributed by atoms with E-state index in [1.54, 1.807) is 0 Å². The number of fused-ring (bicyclic) bond motifs is 6. The normalized spacial score (nSPS) is 11.5. The number of para-hydroxylation sites is 2. The smallest absolute Gasteiger partial charge is 0.0991 e. The minimum atomic E-state index is 0.656. The Kier molecular flexibility index (Phi) is 5.57. The second kappa shape index (κ2) is 9.91. The molecular formula is C42H25N3. The van der Waals surface area contributed by atoms with Gasteiger partial charge in [0, 0.05) is 27.4 Å². The number of rotatable bonds is 3. The molecule has 9 aromatic rings. The van der Waals surface area contributed by atoms with Gasteiger partial charge in [-0.2, -0.15) is 5.26 Å². The molecule has 2 aromatic heterocycles. The van der Waals surface area contributed by atoms with Crippen LogP contribution >= 0.6 is 0 Å². The Balaban J connectivity index is 1.37. The zero-order valence-corrected chi connectivity index (χ0v) is 24.3. The molecule has 0 saturated heterocycles. The van der Waals surface area contributed by atoms with Gasteiger partial charge in [0.05, 0.1) is 33.9 Å². The summed E-state index contributed by atoms with van der Waals surface area (Å²) in [4.78, 5) is 5.14. The summed E-state index contributed by atoms with van der Waals surface area (Å²) in [5.74, 6) is 0. The average Bonchev–Trinajstić information content (AvgIpc) is 3.43. The van der Waals surface area contributed by atoms with Crippen LogP contribution in [0.15, 0.2) is 152 Å². The Hall–Kier alpha value is -6.24. The second-order valence-corrected chi connectivity index (χ2v) is 11.5. The minimum Gasteiger partial charge on any atom is -0.309 e. The predicted molar refractivity (Wildman–Crippen MR) is 187 cm³/mol. The van der Waals surface area contributed by atoms with Gasteiger partial charge in [-0.15, -0.1) is 0 Å². The van der Waals surface area contributed by atoms with E-state index in [1.165, 1.54) is 27.1 Å². The number of pyridine rings is 1. The van der Waals surface area contributed by atoms with Gasteiger partial charge < -0.3 is 4.57 Å². The van der Waals surface area contributed by atoms with Gasteiger partial charge >= 0.3 is 0 Å². The molecule has 0 atom stereocenters. The standard InChI is InChI=1S/C42H25N3/c43-26-27-18-22-39-35(24-27)36-25-29(20-23-40(36)45(39)30-11-2-1-3-12-30)41-31-13-5-7-15-33(31)42(34-16-8-6-14-32(34)41)38-21-19-28-10-4-9-17-37(28)44-38/h1-25H. The molecule has 0 aliphatic rings. The highest BCUT2D eigenvalue weighted by atomic mass is 15.0. The Morgan fingerprint density at radius 3 is 1.80 bits per heavy atom. The van der Waals surface area contributed by atoms with Gasteiger partial charge in [-0.05, 0) is 87.3 Å². The van der Waals surface area contributed by atoms with Crippen molar-refractivity contribution < 1.29 is 0 Å². The predicted octanol–water partition coefficient (Wildman–Crippen LogP) is 10.8. The van der Waals surface area contributed by atoms with Crippen LogP contribution in [-0.2, 0) is 0 Å². The lowest BCUT2D eigenvalue weighted by molar-refractivity contribution is 1.18. The number of hydrogen-bond donors (Lipinski definition) is 0. The molecule has 208 valence electrons. The van der Waals surface area contributed by atoms with Crippen molar-refractivity contribution in [1.82, 2.24) is 9.55 Å². The first-order valence-electron chi connectivity index (χ1n) is 15.1. The lowest BCUT2D eigenvalue weighted by Gasteiger charge is -2.17. The molecule has 0 aliphatic heterocycles. The zero-order chi connectivity index (χ0) is 29.9. The summed E-state index contributed by atoms with van der Waals surface area (Å²) in [5, 5.41) is 17.8. The summed E-state index contributed by atoms with van der Waals surface area (Å²) in [5.41, 5.74) is 9.40. The van der Waals surface area contributed by atoms with Gasteiger partial charge in [0.25, 0.3) is 0 Å². The average molecular weight is 572 g/mol. The van der Waals surface area contributed by atoms with E-state index in [1.807, 2.05) is 24.3 Å². The van der Waals surface area contributed by atoms with Crippen molar-refractivity contribution in [2.24, 2.45) is 0 Å². The molecule has 3 nitrogen and oxygen atoms in total. The van der Waals surface area contributed by atoms with E-state index in [0.29, 0.717) is 5.56 Å². The number of nitriles is 1. The Morgan fingerprint density at radius 2 is 1.09 bits per heavy atom. The van der Waals surface area contributed by atoms with Crippen molar-refractivity contribution in [3.8, 4) is 34.1 Å². The van der Waals surface area contributed by atoms with Gasteiger partial charge in [0.2, 0.25) is 0 Å². The molecule has 7 aromatic carbocycles. The number of nitrogens with zero attached hydrogens (tertiary/aromatic N) is 3. The molecule has 2 heterocycles. The van der Waals surface area contributed by atoms with Crippen molar-refractivity contribution in [2.75, 3.05) is 0 Å². The van der Waals surface area contributed by atoms with Crippen molar-refractivity contribution >= 4 is 54.3 Å². The third-order valence-electron chi connectivity index (χ3n) is 8.98. The van der Waals surface area contributed by atoms with Crippen LogP contribution in [0.25, 0.3) is 82.3 Å². The maximum absolute atomic E-state index is 9.78. The maximum atomic E-state index is 9.78. The van der Waals surface area contributed by atoms with Gasteiger partial charge in [-0.1, -0.05) is 97.1 Å². The van der Waals surface area contributed by atoms with Crippen LogP contribution in [0.1, 0.15) is 5.56 Å². The van der Waals surface area contributed by atoms with E-state index in [2.05, 4.69) is 138 Å². The number of benzene rings is 7. The third-order valence-corrected chi connectivity index (χ3v) is 8.98. The molecule has 0 N–H and O–H groups in total. The summed E-state index contributed by atoms with van der Waals surface area (Å²) in [7, 11) is 0. The summed E-state index contributed by atoms with van der Waals surface area (Å²) in [6, 6.07) is 55.5. The fraction of sp³-hybridized carbons (Fsp3) is 0. The highest BCUT2D eigenvalue weighted by Crippen LogP contribution is 2.45. The first kappa shape index (κ1) is 25.3. The summed E-state index contributed by atoms with van der Waals surface area (Å²) in [6.45, 7) is 0. The Labute approximate surface area is 259 Å². The molecule has 9 rings (SSSR count). The van der Waals surface area contributed by atoms with Crippen molar-refractivity contribution in [1.29, 1.82) is 5.26 Å². The minimum absolute atomic E-state index is 0.656. The number of hydrogen-bond acceptors (Lipinski definition) is 2. The largest absolute Gasteiger partial charge is 0.309 e. The third kappa shape index (κ3) is 3.87. The summed E-state index contributed by atoms with van der Waals surface area (Å²) in [6.07, 6.45) is 0. The van der Waals surface area contributed by atoms with Crippen LogP contribution in [-0.4, -0.2) is 9.55 Å². The van der Waals surface area contributed by atoms with E-state index in [4.69, 9.17) is 4.98 Å². The van der Waals surface area contributed by atoms with Gasteiger partial charge in [-0.3, -0.25) is 0 Å². The Morgan fingerprint density at radius 1 is 0.489 bits per heavy atom. The highest BCUT2D eigenvalue weighted by Gasteiger charge is 2.19. The molecule has 0 saturated carbocycles. The van der Waals surface area contributed by atoms with Crippen molar-refractivity contribution in [2.45, 2.75) is 0 Å². The van der Waals surface area contributed by atoms with Gasteiger partial charge in [0.15, 0.2) is 0 Å². The summed E-state index contributed by atoms with van der Waals surface area (Å²) >= 11 is 0. The molecule has 0 radical (unpaired) electrons. The SMILES string of the molecule is N#Cc1ccc2c(c1)c1cc(-c3c4ccccc4c(-c4ccc5ccccc5n4)c4ccccc34)ccc1n2-c1ccccc1. The lowest BCUT2D eigenvalue weighted by atomic mass is 9.87. The number of aromatic nitrogens is 2. The first-order chi connectivity index (χ1) is 22.3. The monoisotopic (exact) mass is 571 g/mol. The van der Waals surface area contributed by atoms with Crippen LogP contribution in [0.5, 0.6) is 0 Å². The van der Waals surface area contributed by atoms with Crippen molar-refractivity contribution in [3.63, 3.8) is 0 Å². The first-order valence-corrected chi connectivity index (χ1v) is 15.1. The molecule has 0 aliphatic carbocycles. The highest BCUT2D eigenvalue weighted by molar-refractivity contribution is 6.22. The molecule has 0 bridgehead atoms. The van der Waals surface area contributed by atoms with Crippen LogP contribution in [0.3, 0.4) is 0 Å². The lowest BCUT2D eigenvalue weighted by Crippen LogP contribution is -1.94. The van der Waals surface area contributed by atoms with Crippen LogP contribution in [0, 0.1) is 11.3 Å². The van der Waals surface area contributed by atoms with E-state index in [0.717, 1.165) is 55.2 Å². The fourth-order valence-corrected chi connectivity index (χ4v) is 7.02. The topological polar surface area (TPSA) is 41.6 Å². The molecule has 0 amide bonds. The van der Waals surface area contributed by atoms with Crippen LogP contribution < -0.4 is 0 Å². The van der Waals surface area contributed by atoms with E-state index in [9.17, 15) is 5.26 Å². The van der Waals surface area contributed by atoms with E-state index in [-0.39, 0.29) is 0 Å². The summed E-state index contributed by atoms with van der Waals surface area (Å²) < 4.78 is 2.29. The van der Waals surface area contributed by atoms with E-state index < -0.39 is 0 Å². The van der Waals surface area contributed by atoms with Gasteiger partial charge in [-0.25, -0.2) is 4.98 Å². The van der Waals surface area contributed by atoms with Crippen LogP contribution in [0.4, 0.5) is 0 Å². The quantitative estimate of drug-likeness (QED) is 0.198. The Bertz CT molecular complexity index is 2600. The second-order valence-electron chi connectivity index (χ2n) is 11.5. The molecular weight excluding hydrogens is 546 g/mol. The fourth-order valence-electron chi connectivity index (χ4n) is 7.02. The zero-order valence-electron chi connectivity index (χ0n) is 24.3. The van der Waals surface area contributed by atoms with Gasteiger partial charge in [0.1, 0.15) is 0 Å². The molecule has 45 heavy (non-hydrogen) atoms. The maximum Gasteiger partial charge on any atom is 0.0991 e. The van der Waals surface area contributed by atoms with E-state index >= 15 is 0 Å². The van der Waals surface area contributed by atoms with Crippen molar-refractivity contribution in [3.05, 3.63) is 157 Å².